The Bertz CT molecular complexity index is 1110. The van der Waals surface area contributed by atoms with Gasteiger partial charge in [-0.3, -0.25) is 13.9 Å². The van der Waals surface area contributed by atoms with Gasteiger partial charge < -0.3 is 15.3 Å². The van der Waals surface area contributed by atoms with E-state index < -0.39 is 16.2 Å². The van der Waals surface area contributed by atoms with Crippen molar-refractivity contribution in [1.82, 2.24) is 14.6 Å². The van der Waals surface area contributed by atoms with Crippen LogP contribution in [-0.2, 0) is 5.60 Å². The van der Waals surface area contributed by atoms with Gasteiger partial charge in [0.05, 0.1) is 22.8 Å². The van der Waals surface area contributed by atoms with E-state index in [1.807, 2.05) is 17.9 Å². The first-order valence-corrected chi connectivity index (χ1v) is 11.9. The number of carbonyl (C=O) groups is 1. The molecular formula is C21H27N5O4S. The molecule has 4 N–H and O–H groups in total. The standard InChI is InChI=1S/C21H27N5O4S/c1-14-12-18-22-17(23-20(27)15-4-6-16(7-5-15)21(2,3)28)13-19(26(18)24-14)25-8-10-31(29,30)11-9-25/h4-7,12-13,28-30H,8-11H2,1-3H3,(H,22,23,27). The van der Waals surface area contributed by atoms with Crippen molar-refractivity contribution >= 4 is 33.8 Å². The van der Waals surface area contributed by atoms with Crippen molar-refractivity contribution in [2.75, 3.05) is 34.8 Å². The van der Waals surface area contributed by atoms with Gasteiger partial charge in [-0.2, -0.15) is 20.2 Å². The number of aryl methyl sites for hydroxylation is 1. The lowest BCUT2D eigenvalue weighted by atomic mass is 9.97. The van der Waals surface area contributed by atoms with Gasteiger partial charge >= 0.3 is 0 Å². The molecule has 1 saturated heterocycles. The summed E-state index contributed by atoms with van der Waals surface area (Å²) in [7, 11) is -2.53. The lowest BCUT2D eigenvalue weighted by molar-refractivity contribution is 0.0785. The average molecular weight is 446 g/mol. The summed E-state index contributed by atoms with van der Waals surface area (Å²) in [6.45, 7) is 6.21. The minimum absolute atomic E-state index is 0.298. The Balaban J connectivity index is 1.61. The maximum atomic E-state index is 12.8. The summed E-state index contributed by atoms with van der Waals surface area (Å²) in [6.07, 6.45) is 0. The molecule has 166 valence electrons. The third kappa shape index (κ3) is 4.67. The summed E-state index contributed by atoms with van der Waals surface area (Å²) in [5.74, 6) is 1.41. The van der Waals surface area contributed by atoms with E-state index in [0.29, 0.717) is 41.6 Å². The van der Waals surface area contributed by atoms with Crippen LogP contribution in [0, 0.1) is 6.92 Å². The second kappa shape index (κ2) is 7.79. The van der Waals surface area contributed by atoms with E-state index in [-0.39, 0.29) is 5.91 Å². The maximum absolute atomic E-state index is 12.8. The van der Waals surface area contributed by atoms with Gasteiger partial charge in [-0.25, -0.2) is 4.98 Å². The van der Waals surface area contributed by atoms with Crippen molar-refractivity contribution in [3.8, 4) is 0 Å². The summed E-state index contributed by atoms with van der Waals surface area (Å²) in [4.78, 5) is 19.3. The summed E-state index contributed by atoms with van der Waals surface area (Å²) >= 11 is 0. The van der Waals surface area contributed by atoms with Crippen molar-refractivity contribution < 1.29 is 19.0 Å². The molecule has 1 aliphatic rings. The van der Waals surface area contributed by atoms with Crippen LogP contribution in [0.1, 0.15) is 35.5 Å². The highest BCUT2D eigenvalue weighted by atomic mass is 32.3. The number of hydrogen-bond donors (Lipinski definition) is 4. The second-order valence-corrected chi connectivity index (χ2v) is 10.8. The number of carbonyl (C=O) groups excluding carboxylic acids is 1. The number of aromatic nitrogens is 3. The van der Waals surface area contributed by atoms with E-state index in [2.05, 4.69) is 15.4 Å². The quantitative estimate of drug-likeness (QED) is 0.487. The smallest absolute Gasteiger partial charge is 0.256 e. The Morgan fingerprint density at radius 3 is 2.39 bits per heavy atom. The molecule has 9 nitrogen and oxygen atoms in total. The number of rotatable bonds is 4. The van der Waals surface area contributed by atoms with Crippen LogP contribution in [0.15, 0.2) is 36.4 Å². The fraction of sp³-hybridized carbons (Fsp3) is 0.381. The van der Waals surface area contributed by atoms with Crippen LogP contribution in [0.4, 0.5) is 11.6 Å². The third-order valence-electron chi connectivity index (χ3n) is 5.33. The lowest BCUT2D eigenvalue weighted by Gasteiger charge is -2.41. The van der Waals surface area contributed by atoms with Gasteiger partial charge in [0.1, 0.15) is 11.6 Å². The summed E-state index contributed by atoms with van der Waals surface area (Å²) < 4.78 is 21.6. The largest absolute Gasteiger partial charge is 0.386 e. The van der Waals surface area contributed by atoms with E-state index in [4.69, 9.17) is 0 Å². The molecule has 4 rings (SSSR count). The van der Waals surface area contributed by atoms with E-state index in [1.54, 1.807) is 48.7 Å². The lowest BCUT2D eigenvalue weighted by Crippen LogP contribution is -2.39. The first-order chi connectivity index (χ1) is 14.5. The molecule has 3 heterocycles. The normalized spacial score (nSPS) is 17.5. The minimum Gasteiger partial charge on any atom is -0.386 e. The van der Waals surface area contributed by atoms with Crippen LogP contribution < -0.4 is 10.2 Å². The average Bonchev–Trinajstić information content (AvgIpc) is 3.07. The highest BCUT2D eigenvalue weighted by Crippen LogP contribution is 2.41. The molecule has 1 aromatic carbocycles. The van der Waals surface area contributed by atoms with Crippen molar-refractivity contribution in [3.63, 3.8) is 0 Å². The molecule has 3 aromatic rings. The van der Waals surface area contributed by atoms with Gasteiger partial charge in [0.2, 0.25) is 0 Å². The number of amides is 1. The predicted molar refractivity (Wildman–Crippen MR) is 122 cm³/mol. The highest BCUT2D eigenvalue weighted by Gasteiger charge is 2.25. The molecule has 0 radical (unpaired) electrons. The molecule has 1 fully saturated rings. The SMILES string of the molecule is Cc1cc2nc(NC(=O)c3ccc(C(C)(C)O)cc3)cc(N3CCS(O)(O)CC3)n2n1. The number of nitrogens with zero attached hydrogens (tertiary/aromatic N) is 4. The van der Waals surface area contributed by atoms with Gasteiger partial charge in [-0.1, -0.05) is 12.1 Å². The minimum atomic E-state index is -2.53. The zero-order valence-electron chi connectivity index (χ0n) is 17.7. The fourth-order valence-corrected chi connectivity index (χ4v) is 4.77. The molecule has 10 heteroatoms. The van der Waals surface area contributed by atoms with Gasteiger partial charge in [0.15, 0.2) is 5.65 Å². The zero-order chi connectivity index (χ0) is 22.4. The molecule has 2 aromatic heterocycles. The van der Waals surface area contributed by atoms with E-state index in [0.717, 1.165) is 17.1 Å². The number of aliphatic hydroxyl groups is 1. The topological polar surface area (TPSA) is 123 Å². The number of benzene rings is 1. The van der Waals surface area contributed by atoms with Crippen molar-refractivity contribution in [2.24, 2.45) is 0 Å². The van der Waals surface area contributed by atoms with Crippen molar-refractivity contribution in [1.29, 1.82) is 0 Å². The summed E-state index contributed by atoms with van der Waals surface area (Å²) in [6, 6.07) is 10.4. The molecule has 0 unspecified atom stereocenters. The Hall–Kier alpha value is -2.66. The third-order valence-corrected chi connectivity index (χ3v) is 7.00. The van der Waals surface area contributed by atoms with Crippen LogP contribution in [-0.4, -0.2) is 59.3 Å². The van der Waals surface area contributed by atoms with Crippen LogP contribution >= 0.6 is 10.6 Å². The van der Waals surface area contributed by atoms with Crippen LogP contribution in [0.5, 0.6) is 0 Å². The number of hydrogen-bond acceptors (Lipinski definition) is 7. The van der Waals surface area contributed by atoms with Crippen LogP contribution in [0.3, 0.4) is 0 Å². The number of fused-ring (bicyclic) bond motifs is 1. The molecule has 0 bridgehead atoms. The van der Waals surface area contributed by atoms with E-state index in [1.165, 1.54) is 0 Å². The zero-order valence-corrected chi connectivity index (χ0v) is 18.6. The van der Waals surface area contributed by atoms with Crippen molar-refractivity contribution in [3.05, 3.63) is 53.2 Å². The Morgan fingerprint density at radius 2 is 1.77 bits per heavy atom. The Morgan fingerprint density at radius 1 is 1.13 bits per heavy atom. The van der Waals surface area contributed by atoms with Gasteiger partial charge in [0.25, 0.3) is 5.91 Å². The van der Waals surface area contributed by atoms with Crippen LogP contribution in [0.2, 0.25) is 0 Å². The molecule has 31 heavy (non-hydrogen) atoms. The van der Waals surface area contributed by atoms with Gasteiger partial charge in [0, 0.05) is 30.8 Å². The Kier molecular flexibility index (Phi) is 5.42. The molecule has 1 amide bonds. The van der Waals surface area contributed by atoms with Crippen molar-refractivity contribution in [2.45, 2.75) is 26.4 Å². The first-order valence-electron chi connectivity index (χ1n) is 10.0. The Labute approximate surface area is 182 Å². The van der Waals surface area contributed by atoms with E-state index in [9.17, 15) is 19.0 Å². The maximum Gasteiger partial charge on any atom is 0.256 e. The number of anilines is 2. The molecule has 0 atom stereocenters. The van der Waals surface area contributed by atoms with Gasteiger partial charge in [-0.15, -0.1) is 0 Å². The monoisotopic (exact) mass is 445 g/mol. The molecule has 0 saturated carbocycles. The highest BCUT2D eigenvalue weighted by molar-refractivity contribution is 8.24. The van der Waals surface area contributed by atoms with Gasteiger partial charge in [-0.05, 0) is 38.5 Å². The second-order valence-electron chi connectivity index (χ2n) is 8.34. The summed E-state index contributed by atoms with van der Waals surface area (Å²) in [5.41, 5.74) is 1.58. The number of nitrogens with one attached hydrogen (secondary N) is 1. The molecule has 1 aliphatic heterocycles. The van der Waals surface area contributed by atoms with Crippen LogP contribution in [0.25, 0.3) is 5.65 Å². The molecule has 0 spiro atoms. The molecule has 0 aliphatic carbocycles. The first kappa shape index (κ1) is 21.6. The summed E-state index contributed by atoms with van der Waals surface area (Å²) in [5, 5.41) is 17.4. The van der Waals surface area contributed by atoms with E-state index >= 15 is 0 Å². The fourth-order valence-electron chi connectivity index (χ4n) is 3.54. The predicted octanol–water partition coefficient (Wildman–Crippen LogP) is 3.09. The molecular weight excluding hydrogens is 418 g/mol.